The molecular formula is C12H17N3O2S2. The molecule has 0 radical (unpaired) electrons. The third kappa shape index (κ3) is 2.77. The zero-order valence-electron chi connectivity index (χ0n) is 10.7. The fraction of sp³-hybridized carbons (Fsp3) is 0.500. The SMILES string of the molecule is CCC1(NS(=O)(=O)c2cccnc2C(N)=S)CCC1. The number of hydrogen-bond donors (Lipinski definition) is 2. The van der Waals surface area contributed by atoms with Crippen LogP contribution in [0.3, 0.4) is 0 Å². The van der Waals surface area contributed by atoms with E-state index in [1.165, 1.54) is 12.3 Å². The molecule has 1 heterocycles. The number of rotatable bonds is 5. The van der Waals surface area contributed by atoms with E-state index < -0.39 is 10.0 Å². The summed E-state index contributed by atoms with van der Waals surface area (Å²) in [6.45, 7) is 1.99. The van der Waals surface area contributed by atoms with Crippen molar-refractivity contribution in [2.45, 2.75) is 43.0 Å². The van der Waals surface area contributed by atoms with Gasteiger partial charge in [-0.1, -0.05) is 19.1 Å². The van der Waals surface area contributed by atoms with Crippen molar-refractivity contribution in [1.29, 1.82) is 0 Å². The molecule has 0 unspecified atom stereocenters. The molecule has 0 saturated heterocycles. The Balaban J connectivity index is 2.37. The van der Waals surface area contributed by atoms with E-state index in [9.17, 15) is 8.42 Å². The summed E-state index contributed by atoms with van der Waals surface area (Å²) in [6.07, 6.45) is 5.03. The van der Waals surface area contributed by atoms with Crippen molar-refractivity contribution < 1.29 is 8.42 Å². The summed E-state index contributed by atoms with van der Waals surface area (Å²) in [6, 6.07) is 3.04. The third-order valence-corrected chi connectivity index (χ3v) is 5.44. The highest BCUT2D eigenvalue weighted by Gasteiger charge is 2.39. The number of nitrogens with one attached hydrogen (secondary N) is 1. The van der Waals surface area contributed by atoms with E-state index >= 15 is 0 Å². The molecule has 1 aromatic heterocycles. The van der Waals surface area contributed by atoms with Crippen LogP contribution in [0.15, 0.2) is 23.2 Å². The molecule has 0 aliphatic heterocycles. The molecule has 7 heteroatoms. The third-order valence-electron chi connectivity index (χ3n) is 3.63. The number of aromatic nitrogens is 1. The Morgan fingerprint density at radius 1 is 1.58 bits per heavy atom. The molecule has 0 spiro atoms. The quantitative estimate of drug-likeness (QED) is 0.801. The van der Waals surface area contributed by atoms with Crippen molar-refractivity contribution in [3.05, 3.63) is 24.0 Å². The first kappa shape index (κ1) is 14.4. The molecule has 0 aromatic carbocycles. The molecule has 1 aromatic rings. The van der Waals surface area contributed by atoms with E-state index in [1.54, 1.807) is 6.07 Å². The van der Waals surface area contributed by atoms with Crippen LogP contribution in [0.5, 0.6) is 0 Å². The second kappa shape index (κ2) is 5.15. The van der Waals surface area contributed by atoms with Crippen molar-refractivity contribution >= 4 is 27.2 Å². The van der Waals surface area contributed by atoms with Crippen molar-refractivity contribution in [3.8, 4) is 0 Å². The highest BCUT2D eigenvalue weighted by molar-refractivity contribution is 7.89. The number of nitrogens with zero attached hydrogens (tertiary/aromatic N) is 1. The average molecular weight is 299 g/mol. The van der Waals surface area contributed by atoms with Crippen LogP contribution in [0.1, 0.15) is 38.3 Å². The van der Waals surface area contributed by atoms with Gasteiger partial charge in [0.25, 0.3) is 0 Å². The Morgan fingerprint density at radius 3 is 2.74 bits per heavy atom. The van der Waals surface area contributed by atoms with Gasteiger partial charge >= 0.3 is 0 Å². The first-order valence-corrected chi connectivity index (χ1v) is 8.08. The van der Waals surface area contributed by atoms with Gasteiger partial charge in [0.15, 0.2) is 0 Å². The fourth-order valence-electron chi connectivity index (χ4n) is 2.26. The Bertz CT molecular complexity index is 589. The summed E-state index contributed by atoms with van der Waals surface area (Å²) in [4.78, 5) is 4.00. The van der Waals surface area contributed by atoms with Gasteiger partial charge in [-0.15, -0.1) is 0 Å². The molecule has 2 rings (SSSR count). The van der Waals surface area contributed by atoms with Gasteiger partial charge in [0.05, 0.1) is 0 Å². The van der Waals surface area contributed by atoms with Crippen LogP contribution in [0.2, 0.25) is 0 Å². The van der Waals surface area contributed by atoms with Crippen molar-refractivity contribution in [2.24, 2.45) is 5.73 Å². The van der Waals surface area contributed by atoms with Gasteiger partial charge in [0.2, 0.25) is 10.0 Å². The molecule has 1 aliphatic carbocycles. The van der Waals surface area contributed by atoms with Crippen molar-refractivity contribution in [3.63, 3.8) is 0 Å². The summed E-state index contributed by atoms with van der Waals surface area (Å²) >= 11 is 4.85. The van der Waals surface area contributed by atoms with E-state index in [0.29, 0.717) is 0 Å². The first-order valence-electron chi connectivity index (χ1n) is 6.19. The van der Waals surface area contributed by atoms with Crippen LogP contribution in [-0.2, 0) is 10.0 Å². The smallest absolute Gasteiger partial charge is 0.243 e. The van der Waals surface area contributed by atoms with Gasteiger partial charge in [-0.3, -0.25) is 4.98 Å². The Labute approximate surface area is 118 Å². The number of hydrogen-bond acceptors (Lipinski definition) is 4. The number of pyridine rings is 1. The van der Waals surface area contributed by atoms with Crippen LogP contribution < -0.4 is 10.5 Å². The second-order valence-electron chi connectivity index (χ2n) is 4.81. The molecule has 0 bridgehead atoms. The molecule has 1 saturated carbocycles. The topological polar surface area (TPSA) is 85.1 Å². The largest absolute Gasteiger partial charge is 0.388 e. The Morgan fingerprint density at radius 2 is 2.26 bits per heavy atom. The van der Waals surface area contributed by atoms with Crippen LogP contribution >= 0.6 is 12.2 Å². The maximum absolute atomic E-state index is 12.5. The van der Waals surface area contributed by atoms with Gasteiger partial charge in [-0.05, 0) is 37.8 Å². The van der Waals surface area contributed by atoms with Crippen LogP contribution in [0.4, 0.5) is 0 Å². The second-order valence-corrected chi connectivity index (χ2v) is 6.90. The highest BCUT2D eigenvalue weighted by atomic mass is 32.2. The van der Waals surface area contributed by atoms with Crippen molar-refractivity contribution in [2.75, 3.05) is 0 Å². The molecule has 104 valence electrons. The standard InChI is InChI=1S/C12H17N3O2S2/c1-2-12(6-4-7-12)15-19(16,17)9-5-3-8-14-10(9)11(13)18/h3,5,8,15H,2,4,6-7H2,1H3,(H2,13,18). The van der Waals surface area contributed by atoms with Crippen LogP contribution in [-0.4, -0.2) is 23.9 Å². The molecule has 0 amide bonds. The van der Waals surface area contributed by atoms with Gasteiger partial charge in [0, 0.05) is 11.7 Å². The zero-order valence-corrected chi connectivity index (χ0v) is 12.4. The monoisotopic (exact) mass is 299 g/mol. The normalized spacial score (nSPS) is 17.7. The molecule has 1 aliphatic rings. The maximum atomic E-state index is 12.5. The number of nitrogens with two attached hydrogens (primary N) is 1. The predicted octanol–water partition coefficient (Wildman–Crippen LogP) is 1.33. The number of sulfonamides is 1. The minimum atomic E-state index is -3.65. The summed E-state index contributed by atoms with van der Waals surface area (Å²) < 4.78 is 27.7. The van der Waals surface area contributed by atoms with Gasteiger partial charge in [-0.2, -0.15) is 0 Å². The highest BCUT2D eigenvalue weighted by Crippen LogP contribution is 2.36. The zero-order chi connectivity index (χ0) is 14.1. The van der Waals surface area contributed by atoms with E-state index in [4.69, 9.17) is 18.0 Å². The fourth-order valence-corrected chi connectivity index (χ4v) is 4.19. The van der Waals surface area contributed by atoms with E-state index in [0.717, 1.165) is 25.7 Å². The van der Waals surface area contributed by atoms with Crippen LogP contribution in [0, 0.1) is 0 Å². The maximum Gasteiger partial charge on any atom is 0.243 e. The minimum absolute atomic E-state index is 0.0138. The summed E-state index contributed by atoms with van der Waals surface area (Å²) in [5.41, 5.74) is 5.36. The van der Waals surface area contributed by atoms with Gasteiger partial charge in [-0.25, -0.2) is 13.1 Å². The lowest BCUT2D eigenvalue weighted by atomic mass is 9.76. The Hall–Kier alpha value is -1.05. The van der Waals surface area contributed by atoms with Gasteiger partial charge in [0.1, 0.15) is 15.6 Å². The summed E-state index contributed by atoms with van der Waals surface area (Å²) in [5, 5.41) is 0. The number of thiocarbonyl (C=S) groups is 1. The molecule has 1 fully saturated rings. The summed E-state index contributed by atoms with van der Waals surface area (Å²) in [5.74, 6) is 0. The predicted molar refractivity (Wildman–Crippen MR) is 77.3 cm³/mol. The van der Waals surface area contributed by atoms with Crippen LogP contribution in [0.25, 0.3) is 0 Å². The minimum Gasteiger partial charge on any atom is -0.388 e. The lowest BCUT2D eigenvalue weighted by Gasteiger charge is -2.41. The van der Waals surface area contributed by atoms with E-state index in [1.807, 2.05) is 6.92 Å². The van der Waals surface area contributed by atoms with Gasteiger partial charge < -0.3 is 5.73 Å². The first-order chi connectivity index (χ1) is 8.90. The molecular weight excluding hydrogens is 282 g/mol. The van der Waals surface area contributed by atoms with E-state index in [-0.39, 0.29) is 21.1 Å². The Kier molecular flexibility index (Phi) is 3.89. The molecule has 5 nitrogen and oxygen atoms in total. The lowest BCUT2D eigenvalue weighted by molar-refractivity contribution is 0.214. The molecule has 0 atom stereocenters. The lowest BCUT2D eigenvalue weighted by Crippen LogP contribution is -2.53. The molecule has 3 N–H and O–H groups in total. The molecule has 19 heavy (non-hydrogen) atoms. The summed E-state index contributed by atoms with van der Waals surface area (Å²) in [7, 11) is -3.65. The average Bonchev–Trinajstić information content (AvgIpc) is 2.34. The van der Waals surface area contributed by atoms with E-state index in [2.05, 4.69) is 9.71 Å². The van der Waals surface area contributed by atoms with Crippen molar-refractivity contribution in [1.82, 2.24) is 9.71 Å².